The third-order valence-electron chi connectivity index (χ3n) is 2.83. The molecule has 0 aliphatic rings. The van der Waals surface area contributed by atoms with Crippen molar-refractivity contribution in [3.63, 3.8) is 0 Å². The van der Waals surface area contributed by atoms with E-state index in [1.54, 1.807) is 0 Å². The van der Waals surface area contributed by atoms with Crippen molar-refractivity contribution in [3.8, 4) is 11.1 Å². The Labute approximate surface area is 112 Å². The van der Waals surface area contributed by atoms with E-state index in [0.29, 0.717) is 0 Å². The summed E-state index contributed by atoms with van der Waals surface area (Å²) in [6.45, 7) is 1.86. The molecule has 2 heteroatoms. The summed E-state index contributed by atoms with van der Waals surface area (Å²) in [5, 5.41) is 8.66. The number of hydrogen-bond donors (Lipinski definition) is 1. The molecule has 0 saturated carbocycles. The van der Waals surface area contributed by atoms with Crippen LogP contribution in [0.1, 0.15) is 12.5 Å². The molecule has 0 atom stereocenters. The standard InChI is InChI=1S/C17H14O2/c1-13(11-12-17(18)19)15-9-5-6-10-16(15)14-7-3-2-4-8-14/h2-10,12H,1H3,(H,18,19). The van der Waals surface area contributed by atoms with Gasteiger partial charge in [0.2, 0.25) is 0 Å². The van der Waals surface area contributed by atoms with Crippen molar-refractivity contribution < 1.29 is 9.90 Å². The molecule has 0 radical (unpaired) electrons. The third kappa shape index (κ3) is 3.21. The van der Waals surface area contributed by atoms with Gasteiger partial charge in [0, 0.05) is 0 Å². The Kier molecular flexibility index (Phi) is 3.97. The minimum absolute atomic E-state index is 0.807. The number of aliphatic carboxylic acids is 1. The molecule has 2 rings (SSSR count). The molecule has 2 aromatic rings. The van der Waals surface area contributed by atoms with Gasteiger partial charge in [-0.15, -0.1) is 5.73 Å². The molecule has 2 aromatic carbocycles. The second kappa shape index (κ2) is 5.85. The molecular weight excluding hydrogens is 236 g/mol. The van der Waals surface area contributed by atoms with Gasteiger partial charge >= 0.3 is 5.97 Å². The van der Waals surface area contributed by atoms with Gasteiger partial charge < -0.3 is 5.11 Å². The highest BCUT2D eigenvalue weighted by molar-refractivity contribution is 5.84. The maximum absolute atomic E-state index is 10.6. The van der Waals surface area contributed by atoms with Crippen molar-refractivity contribution in [1.29, 1.82) is 0 Å². The Bertz CT molecular complexity index is 648. The van der Waals surface area contributed by atoms with Crippen LogP contribution in [0, 0.1) is 0 Å². The molecule has 1 N–H and O–H groups in total. The number of hydrogen-bond acceptors (Lipinski definition) is 1. The fourth-order valence-corrected chi connectivity index (χ4v) is 1.93. The fraction of sp³-hybridized carbons (Fsp3) is 0.0588. The van der Waals surface area contributed by atoms with E-state index in [1.807, 2.05) is 61.5 Å². The predicted molar refractivity (Wildman–Crippen MR) is 76.7 cm³/mol. The van der Waals surface area contributed by atoms with Gasteiger partial charge in [-0.1, -0.05) is 54.6 Å². The van der Waals surface area contributed by atoms with Crippen LogP contribution in [0.25, 0.3) is 16.7 Å². The van der Waals surface area contributed by atoms with Gasteiger partial charge in [0.15, 0.2) is 0 Å². The van der Waals surface area contributed by atoms with Crippen LogP contribution >= 0.6 is 0 Å². The summed E-state index contributed by atoms with van der Waals surface area (Å²) in [6, 6.07) is 17.9. The first-order valence-corrected chi connectivity index (χ1v) is 5.99. The smallest absolute Gasteiger partial charge is 0.336 e. The number of carbonyl (C=O) groups is 1. The van der Waals surface area contributed by atoms with Crippen molar-refractivity contribution >= 4 is 11.5 Å². The molecule has 0 fully saturated rings. The summed E-state index contributed by atoms with van der Waals surface area (Å²) in [5.41, 5.74) is 6.78. The summed E-state index contributed by atoms with van der Waals surface area (Å²) < 4.78 is 0. The van der Waals surface area contributed by atoms with Crippen molar-refractivity contribution in [3.05, 3.63) is 72.0 Å². The maximum atomic E-state index is 10.6. The van der Waals surface area contributed by atoms with Crippen molar-refractivity contribution in [2.75, 3.05) is 0 Å². The lowest BCUT2D eigenvalue weighted by Crippen LogP contribution is -1.87. The highest BCUT2D eigenvalue weighted by Crippen LogP contribution is 2.27. The Morgan fingerprint density at radius 3 is 2.37 bits per heavy atom. The highest BCUT2D eigenvalue weighted by atomic mass is 16.4. The molecule has 0 saturated heterocycles. The average Bonchev–Trinajstić information content (AvgIpc) is 2.45. The van der Waals surface area contributed by atoms with E-state index in [4.69, 9.17) is 5.11 Å². The van der Waals surface area contributed by atoms with Crippen molar-refractivity contribution in [2.45, 2.75) is 6.92 Å². The summed E-state index contributed by atoms with van der Waals surface area (Å²) >= 11 is 0. The Morgan fingerprint density at radius 1 is 1.05 bits per heavy atom. The zero-order valence-corrected chi connectivity index (χ0v) is 10.6. The van der Waals surface area contributed by atoms with Gasteiger partial charge in [0.05, 0.1) is 6.08 Å². The predicted octanol–water partition coefficient (Wildman–Crippen LogP) is 4.00. The first-order chi connectivity index (χ1) is 9.18. The lowest BCUT2D eigenvalue weighted by Gasteiger charge is -2.08. The van der Waals surface area contributed by atoms with E-state index in [2.05, 4.69) is 5.73 Å². The summed E-state index contributed by atoms with van der Waals surface area (Å²) in [4.78, 5) is 10.6. The SMILES string of the molecule is CC(=C=CC(=O)O)c1ccccc1-c1ccccc1. The minimum atomic E-state index is -0.989. The van der Waals surface area contributed by atoms with Crippen molar-refractivity contribution in [1.82, 2.24) is 0 Å². The quantitative estimate of drug-likeness (QED) is 0.660. The minimum Gasteiger partial charge on any atom is -0.478 e. The van der Waals surface area contributed by atoms with Gasteiger partial charge in [-0.05, 0) is 29.2 Å². The molecule has 0 aromatic heterocycles. The molecule has 0 bridgehead atoms. The number of carboxylic acid groups (broad SMARTS) is 1. The fourth-order valence-electron chi connectivity index (χ4n) is 1.93. The number of rotatable bonds is 3. The Morgan fingerprint density at radius 2 is 1.68 bits per heavy atom. The number of carboxylic acids is 1. The first kappa shape index (κ1) is 12.9. The Balaban J connectivity index is 2.54. The summed E-state index contributed by atoms with van der Waals surface area (Å²) in [5.74, 6) is -0.989. The third-order valence-corrected chi connectivity index (χ3v) is 2.83. The molecule has 94 valence electrons. The molecule has 0 amide bonds. The molecule has 19 heavy (non-hydrogen) atoms. The second-order valence-corrected chi connectivity index (χ2v) is 4.16. The first-order valence-electron chi connectivity index (χ1n) is 5.99. The molecule has 0 heterocycles. The largest absolute Gasteiger partial charge is 0.478 e. The van der Waals surface area contributed by atoms with Gasteiger partial charge in [-0.2, -0.15) is 0 Å². The number of benzene rings is 2. The topological polar surface area (TPSA) is 37.3 Å². The zero-order valence-electron chi connectivity index (χ0n) is 10.6. The molecule has 0 aliphatic carbocycles. The average molecular weight is 250 g/mol. The van der Waals surface area contributed by atoms with Gasteiger partial charge in [-0.25, -0.2) is 4.79 Å². The van der Waals surface area contributed by atoms with Crippen LogP contribution in [0.2, 0.25) is 0 Å². The highest BCUT2D eigenvalue weighted by Gasteiger charge is 2.05. The summed E-state index contributed by atoms with van der Waals surface area (Å²) in [6.07, 6.45) is 1.04. The lowest BCUT2D eigenvalue weighted by molar-refractivity contribution is -0.131. The second-order valence-electron chi connectivity index (χ2n) is 4.16. The van der Waals surface area contributed by atoms with Crippen LogP contribution in [0.15, 0.2) is 66.4 Å². The molecular formula is C17H14O2. The van der Waals surface area contributed by atoms with Crippen LogP contribution in [0.3, 0.4) is 0 Å². The van der Waals surface area contributed by atoms with Gasteiger partial charge in [0.25, 0.3) is 0 Å². The van der Waals surface area contributed by atoms with E-state index < -0.39 is 5.97 Å². The maximum Gasteiger partial charge on any atom is 0.336 e. The Hall–Kier alpha value is -2.57. The molecule has 2 nitrogen and oxygen atoms in total. The molecule has 0 spiro atoms. The monoisotopic (exact) mass is 250 g/mol. The van der Waals surface area contributed by atoms with Gasteiger partial charge in [-0.3, -0.25) is 0 Å². The summed E-state index contributed by atoms with van der Waals surface area (Å²) in [7, 11) is 0. The van der Waals surface area contributed by atoms with Crippen LogP contribution in [0.5, 0.6) is 0 Å². The lowest BCUT2D eigenvalue weighted by atomic mass is 9.96. The van der Waals surface area contributed by atoms with E-state index in [0.717, 1.165) is 28.3 Å². The van der Waals surface area contributed by atoms with E-state index in [-0.39, 0.29) is 0 Å². The van der Waals surface area contributed by atoms with E-state index in [9.17, 15) is 4.79 Å². The van der Waals surface area contributed by atoms with Crippen molar-refractivity contribution in [2.24, 2.45) is 0 Å². The van der Waals surface area contributed by atoms with Crippen LogP contribution in [-0.2, 0) is 4.79 Å². The van der Waals surface area contributed by atoms with Crippen LogP contribution in [0.4, 0.5) is 0 Å². The molecule has 0 unspecified atom stereocenters. The van der Waals surface area contributed by atoms with Crippen LogP contribution < -0.4 is 0 Å². The zero-order chi connectivity index (χ0) is 13.7. The normalized spacial score (nSPS) is 9.53. The molecule has 0 aliphatic heterocycles. The van der Waals surface area contributed by atoms with Gasteiger partial charge in [0.1, 0.15) is 0 Å². The van der Waals surface area contributed by atoms with E-state index in [1.165, 1.54) is 0 Å². The van der Waals surface area contributed by atoms with Crippen LogP contribution in [-0.4, -0.2) is 11.1 Å². The van der Waals surface area contributed by atoms with E-state index >= 15 is 0 Å².